The van der Waals surface area contributed by atoms with Crippen molar-refractivity contribution in [1.29, 1.82) is 0 Å². The molecule has 0 bridgehead atoms. The number of rotatable bonds is 3. The van der Waals surface area contributed by atoms with Crippen LogP contribution in [0.2, 0.25) is 0 Å². The van der Waals surface area contributed by atoms with Gasteiger partial charge in [0, 0.05) is 11.6 Å². The van der Waals surface area contributed by atoms with Gasteiger partial charge in [-0.1, -0.05) is 12.2 Å². The minimum atomic E-state index is -0.187. The highest BCUT2D eigenvalue weighted by Crippen LogP contribution is 2.38. The molecule has 0 heterocycles. The molecular formula is C15H14O5. The molecule has 2 aromatic rings. The van der Waals surface area contributed by atoms with Gasteiger partial charge in [0.2, 0.25) is 5.75 Å². The van der Waals surface area contributed by atoms with E-state index in [0.29, 0.717) is 11.1 Å². The van der Waals surface area contributed by atoms with Crippen molar-refractivity contribution in [1.82, 2.24) is 0 Å². The summed E-state index contributed by atoms with van der Waals surface area (Å²) in [7, 11) is 1.34. The molecule has 0 aliphatic carbocycles. The van der Waals surface area contributed by atoms with Gasteiger partial charge in [0.15, 0.2) is 11.5 Å². The van der Waals surface area contributed by atoms with Crippen molar-refractivity contribution in [2.75, 3.05) is 7.11 Å². The van der Waals surface area contributed by atoms with Crippen molar-refractivity contribution in [2.45, 2.75) is 0 Å². The van der Waals surface area contributed by atoms with Crippen molar-refractivity contribution < 1.29 is 25.2 Å². The summed E-state index contributed by atoms with van der Waals surface area (Å²) in [5.41, 5.74) is 0.997. The Hall–Kier alpha value is -2.82. The van der Waals surface area contributed by atoms with Crippen LogP contribution in [0, 0.1) is 0 Å². The van der Waals surface area contributed by atoms with Crippen molar-refractivity contribution in [3.05, 3.63) is 41.5 Å². The smallest absolute Gasteiger partial charge is 0.203 e. The first-order valence-corrected chi connectivity index (χ1v) is 5.81. The molecule has 0 unspecified atom stereocenters. The second kappa shape index (κ2) is 5.44. The van der Waals surface area contributed by atoms with Gasteiger partial charge in [-0.05, 0) is 29.8 Å². The number of methoxy groups -OCH3 is 1. The molecule has 20 heavy (non-hydrogen) atoms. The van der Waals surface area contributed by atoms with E-state index >= 15 is 0 Å². The third kappa shape index (κ3) is 2.77. The molecule has 0 spiro atoms. The average Bonchev–Trinajstić information content (AvgIpc) is 2.37. The van der Waals surface area contributed by atoms with Crippen LogP contribution < -0.4 is 4.74 Å². The predicted octanol–water partition coefficient (Wildman–Crippen LogP) is 2.69. The zero-order chi connectivity index (χ0) is 14.7. The molecule has 0 saturated heterocycles. The van der Waals surface area contributed by atoms with E-state index in [1.807, 2.05) is 0 Å². The highest BCUT2D eigenvalue weighted by atomic mass is 16.5. The SMILES string of the molecule is COc1c(O)ccc(/C=C/c2cc(O)cc(O)c2)c1O. The largest absolute Gasteiger partial charge is 0.508 e. The number of phenols is 4. The summed E-state index contributed by atoms with van der Waals surface area (Å²) in [6, 6.07) is 7.07. The molecule has 2 aromatic carbocycles. The number of hydrogen-bond donors (Lipinski definition) is 4. The van der Waals surface area contributed by atoms with Crippen LogP contribution in [-0.4, -0.2) is 27.5 Å². The normalized spacial score (nSPS) is 10.8. The molecule has 0 aliphatic heterocycles. The topological polar surface area (TPSA) is 90.2 Å². The number of aromatic hydroxyl groups is 4. The van der Waals surface area contributed by atoms with Gasteiger partial charge >= 0.3 is 0 Å². The van der Waals surface area contributed by atoms with Crippen molar-refractivity contribution in [3.63, 3.8) is 0 Å². The maximum absolute atomic E-state index is 9.92. The highest BCUT2D eigenvalue weighted by molar-refractivity contribution is 5.76. The molecule has 0 amide bonds. The Bertz CT molecular complexity index is 641. The Morgan fingerprint density at radius 1 is 0.900 bits per heavy atom. The monoisotopic (exact) mass is 274 g/mol. The summed E-state index contributed by atoms with van der Waals surface area (Å²) in [5.74, 6) is -0.467. The number of hydrogen-bond acceptors (Lipinski definition) is 5. The lowest BCUT2D eigenvalue weighted by molar-refractivity contribution is 0.344. The standard InChI is InChI=1S/C15H14O5/c1-20-15-13(18)5-4-10(14(15)19)3-2-9-6-11(16)8-12(17)7-9/h2-8,16-19H,1H3/b3-2+. The lowest BCUT2D eigenvalue weighted by Gasteiger charge is -2.07. The molecule has 0 aliphatic rings. The lowest BCUT2D eigenvalue weighted by atomic mass is 10.1. The number of benzene rings is 2. The van der Waals surface area contributed by atoms with Gasteiger partial charge in [0.1, 0.15) is 11.5 Å². The molecule has 0 radical (unpaired) electrons. The van der Waals surface area contributed by atoms with Crippen LogP contribution >= 0.6 is 0 Å². The van der Waals surface area contributed by atoms with Crippen molar-refractivity contribution in [2.24, 2.45) is 0 Å². The average molecular weight is 274 g/mol. The van der Waals surface area contributed by atoms with Gasteiger partial charge in [0.05, 0.1) is 7.11 Å². The van der Waals surface area contributed by atoms with E-state index in [0.717, 1.165) is 0 Å². The van der Waals surface area contributed by atoms with Crippen LogP contribution in [0.4, 0.5) is 0 Å². The summed E-state index contributed by atoms with van der Waals surface area (Å²) in [6.07, 6.45) is 3.18. The van der Waals surface area contributed by atoms with E-state index in [9.17, 15) is 20.4 Å². The van der Waals surface area contributed by atoms with E-state index in [2.05, 4.69) is 0 Å². The first kappa shape index (κ1) is 13.6. The summed E-state index contributed by atoms with van der Waals surface area (Å²) < 4.78 is 4.89. The Morgan fingerprint density at radius 3 is 2.15 bits per heavy atom. The molecule has 5 nitrogen and oxygen atoms in total. The summed E-state index contributed by atoms with van der Waals surface area (Å²) in [4.78, 5) is 0. The molecule has 0 aromatic heterocycles. The van der Waals surface area contributed by atoms with Crippen LogP contribution in [0.5, 0.6) is 28.7 Å². The Morgan fingerprint density at radius 2 is 1.55 bits per heavy atom. The van der Waals surface area contributed by atoms with E-state index in [1.54, 1.807) is 12.2 Å². The fraction of sp³-hybridized carbons (Fsp3) is 0.0667. The minimum absolute atomic E-state index is 0.00842. The molecule has 4 N–H and O–H groups in total. The predicted molar refractivity (Wildman–Crippen MR) is 75.0 cm³/mol. The molecule has 2 rings (SSSR count). The third-order valence-electron chi connectivity index (χ3n) is 2.73. The van der Waals surface area contributed by atoms with Crippen molar-refractivity contribution in [3.8, 4) is 28.7 Å². The van der Waals surface area contributed by atoms with Gasteiger partial charge in [0.25, 0.3) is 0 Å². The van der Waals surface area contributed by atoms with E-state index < -0.39 is 0 Å². The third-order valence-corrected chi connectivity index (χ3v) is 2.73. The van der Waals surface area contributed by atoms with E-state index in [1.165, 1.54) is 37.4 Å². The molecule has 0 saturated carbocycles. The molecular weight excluding hydrogens is 260 g/mol. The zero-order valence-corrected chi connectivity index (χ0v) is 10.7. The summed E-state index contributed by atoms with van der Waals surface area (Å²) in [6.45, 7) is 0. The van der Waals surface area contributed by atoms with Crippen LogP contribution in [0.15, 0.2) is 30.3 Å². The Balaban J connectivity index is 2.36. The quantitative estimate of drug-likeness (QED) is 0.646. The van der Waals surface area contributed by atoms with E-state index in [4.69, 9.17) is 4.74 Å². The summed E-state index contributed by atoms with van der Waals surface area (Å²) >= 11 is 0. The second-order valence-corrected chi connectivity index (χ2v) is 4.17. The molecule has 104 valence electrons. The van der Waals surface area contributed by atoms with Crippen LogP contribution in [-0.2, 0) is 0 Å². The highest BCUT2D eigenvalue weighted by Gasteiger charge is 2.10. The van der Waals surface area contributed by atoms with Gasteiger partial charge in [-0.15, -0.1) is 0 Å². The maximum atomic E-state index is 9.92. The van der Waals surface area contributed by atoms with Crippen LogP contribution in [0.1, 0.15) is 11.1 Å². The second-order valence-electron chi connectivity index (χ2n) is 4.17. The fourth-order valence-corrected chi connectivity index (χ4v) is 1.81. The number of phenolic OH excluding ortho intramolecular Hbond substituents is 4. The van der Waals surface area contributed by atoms with E-state index in [-0.39, 0.29) is 28.7 Å². The maximum Gasteiger partial charge on any atom is 0.203 e. The van der Waals surface area contributed by atoms with Crippen molar-refractivity contribution >= 4 is 12.2 Å². The van der Waals surface area contributed by atoms with Gasteiger partial charge < -0.3 is 25.2 Å². The first-order valence-electron chi connectivity index (χ1n) is 5.81. The minimum Gasteiger partial charge on any atom is -0.508 e. The lowest BCUT2D eigenvalue weighted by Crippen LogP contribution is -1.86. The Kier molecular flexibility index (Phi) is 3.70. The van der Waals surface area contributed by atoms with Crippen LogP contribution in [0.3, 0.4) is 0 Å². The molecule has 0 fully saturated rings. The number of ether oxygens (including phenoxy) is 1. The molecule has 5 heteroatoms. The van der Waals surface area contributed by atoms with Gasteiger partial charge in [-0.25, -0.2) is 0 Å². The summed E-state index contributed by atoms with van der Waals surface area (Å²) in [5, 5.41) is 38.2. The fourth-order valence-electron chi connectivity index (χ4n) is 1.81. The first-order chi connectivity index (χ1) is 9.51. The zero-order valence-electron chi connectivity index (χ0n) is 10.7. The van der Waals surface area contributed by atoms with Gasteiger partial charge in [-0.2, -0.15) is 0 Å². The molecule has 0 atom stereocenters. The van der Waals surface area contributed by atoms with Crippen LogP contribution in [0.25, 0.3) is 12.2 Å². The van der Waals surface area contributed by atoms with Gasteiger partial charge in [-0.3, -0.25) is 0 Å². The Labute approximate surface area is 115 Å².